The molecule has 45 heavy (non-hydrogen) atoms. The van der Waals surface area contributed by atoms with Crippen molar-refractivity contribution in [2.75, 3.05) is 43.4 Å². The smallest absolute Gasteiger partial charge is 0.418 e. The van der Waals surface area contributed by atoms with Gasteiger partial charge in [0.25, 0.3) is 0 Å². The third-order valence-electron chi connectivity index (χ3n) is 10.2. The molecule has 4 fully saturated rings. The first-order valence-corrected chi connectivity index (χ1v) is 15.6. The fraction of sp³-hybridized carbons (Fsp3) is 0.576. The summed E-state index contributed by atoms with van der Waals surface area (Å²) in [5, 5.41) is 10.6. The van der Waals surface area contributed by atoms with Gasteiger partial charge in [0, 0.05) is 48.7 Å². The summed E-state index contributed by atoms with van der Waals surface area (Å²) in [5.74, 6) is 4.73. The third kappa shape index (κ3) is 5.32. The molecule has 5 aliphatic rings. The quantitative estimate of drug-likeness (QED) is 0.212. The Kier molecular flexibility index (Phi) is 7.49. The summed E-state index contributed by atoms with van der Waals surface area (Å²) in [6, 6.07) is 1.05. The van der Waals surface area contributed by atoms with Gasteiger partial charge in [-0.2, -0.15) is 23.1 Å². The molecule has 2 bridgehead atoms. The topological polar surface area (TPSA) is 97.0 Å². The molecule has 3 saturated heterocycles. The van der Waals surface area contributed by atoms with Crippen molar-refractivity contribution in [2.45, 2.75) is 76.0 Å². The molecule has 12 heteroatoms. The Morgan fingerprint density at radius 2 is 2.09 bits per heavy atom. The Bertz CT molecular complexity index is 1600. The lowest BCUT2D eigenvalue weighted by atomic mass is 9.90. The fourth-order valence-electron chi connectivity index (χ4n) is 8.33. The van der Waals surface area contributed by atoms with Crippen LogP contribution in [0.25, 0.3) is 0 Å². The second-order valence-electron chi connectivity index (χ2n) is 13.3. The molecule has 8 nitrogen and oxygen atoms in total. The molecule has 1 saturated carbocycles. The average Bonchev–Trinajstić information content (AvgIpc) is 3.60. The number of anilines is 2. The van der Waals surface area contributed by atoms with Gasteiger partial charge in [0.15, 0.2) is 5.82 Å². The minimum Gasteiger partial charge on any atom is -0.461 e. The number of hydrogen-bond acceptors (Lipinski definition) is 8. The van der Waals surface area contributed by atoms with E-state index in [1.165, 1.54) is 6.92 Å². The van der Waals surface area contributed by atoms with Gasteiger partial charge in [-0.15, -0.1) is 5.92 Å². The molecule has 2 aromatic rings. The van der Waals surface area contributed by atoms with Gasteiger partial charge < -0.3 is 25.2 Å². The molecule has 0 amide bonds. The van der Waals surface area contributed by atoms with E-state index in [1.54, 1.807) is 0 Å². The minimum absolute atomic E-state index is 0.0975. The van der Waals surface area contributed by atoms with Crippen LogP contribution in [0.5, 0.6) is 6.01 Å². The van der Waals surface area contributed by atoms with Crippen LogP contribution in [0.3, 0.4) is 0 Å². The minimum atomic E-state index is -4.90. The lowest BCUT2D eigenvalue weighted by Crippen LogP contribution is -2.43. The standard InChI is InChI=1S/C33H37F4N5O3/c1-3-5-20-10-23(38)29(34)27(28(20)33(35,36)37)26-11-24-22(16-44-26)30(41-14-19-8-21(15-41)25(43)9-19)40-31(39-24)45-17-32-6-4-7-42(32)13-18(2)12-32/h10,19,21,25-26,43H,2,4,6-9,11-17,38H2,1H3/t19-,21-,25-,26-,32-/m1/s1. The Balaban J connectivity index is 1.27. The summed E-state index contributed by atoms with van der Waals surface area (Å²) in [5.41, 5.74) is 5.22. The number of piperidine rings is 1. The number of benzene rings is 1. The second-order valence-corrected chi connectivity index (χ2v) is 13.3. The molecule has 240 valence electrons. The number of aliphatic hydroxyl groups is 1. The molecule has 0 radical (unpaired) electrons. The Morgan fingerprint density at radius 1 is 1.27 bits per heavy atom. The molecule has 4 aliphatic heterocycles. The highest BCUT2D eigenvalue weighted by atomic mass is 19.4. The zero-order valence-corrected chi connectivity index (χ0v) is 25.2. The number of halogens is 4. The number of rotatable bonds is 5. The van der Waals surface area contributed by atoms with Crippen LogP contribution >= 0.6 is 0 Å². The van der Waals surface area contributed by atoms with Gasteiger partial charge in [-0.25, -0.2) is 4.39 Å². The first-order valence-electron chi connectivity index (χ1n) is 15.6. The number of nitrogens with zero attached hydrogens (tertiary/aromatic N) is 4. The number of alkyl halides is 3. The molecular weight excluding hydrogens is 590 g/mol. The van der Waals surface area contributed by atoms with Crippen LogP contribution < -0.4 is 15.4 Å². The van der Waals surface area contributed by atoms with Crippen LogP contribution in [0.1, 0.15) is 73.1 Å². The van der Waals surface area contributed by atoms with Gasteiger partial charge in [-0.1, -0.05) is 18.1 Å². The summed E-state index contributed by atoms with van der Waals surface area (Å²) < 4.78 is 71.2. The van der Waals surface area contributed by atoms with Crippen molar-refractivity contribution in [1.29, 1.82) is 0 Å². The molecule has 0 unspecified atom stereocenters. The predicted octanol–water partition coefficient (Wildman–Crippen LogP) is 4.78. The SMILES string of the molecule is C=C1CN2CCC[C@]2(COc2nc3c(c(N4C[C@@H]5C[C@H](C4)[C@H](O)C5)n2)CO[C@@H](c2c(F)c(N)cc(C#CC)c2C(F)(F)F)C3)C1. The summed E-state index contributed by atoms with van der Waals surface area (Å²) >= 11 is 0. The summed E-state index contributed by atoms with van der Waals surface area (Å²) in [4.78, 5) is 14.1. The molecular formula is C33H37F4N5O3. The maximum absolute atomic E-state index is 15.5. The summed E-state index contributed by atoms with van der Waals surface area (Å²) in [6.45, 7) is 8.89. The van der Waals surface area contributed by atoms with E-state index in [0.29, 0.717) is 42.7 Å². The number of aliphatic hydroxyl groups excluding tert-OH is 1. The van der Waals surface area contributed by atoms with Crippen molar-refractivity contribution in [2.24, 2.45) is 11.8 Å². The van der Waals surface area contributed by atoms with Crippen LogP contribution in [0, 0.1) is 29.5 Å². The maximum Gasteiger partial charge on any atom is 0.418 e. The van der Waals surface area contributed by atoms with E-state index in [1.807, 2.05) is 0 Å². The van der Waals surface area contributed by atoms with Crippen molar-refractivity contribution in [1.82, 2.24) is 14.9 Å². The largest absolute Gasteiger partial charge is 0.461 e. The van der Waals surface area contributed by atoms with Gasteiger partial charge >= 0.3 is 12.2 Å². The zero-order valence-electron chi connectivity index (χ0n) is 25.2. The maximum atomic E-state index is 15.5. The summed E-state index contributed by atoms with van der Waals surface area (Å²) in [6.07, 6.45) is -2.23. The zero-order chi connectivity index (χ0) is 31.7. The van der Waals surface area contributed by atoms with Gasteiger partial charge in [0.1, 0.15) is 12.4 Å². The number of ether oxygens (including phenoxy) is 2. The van der Waals surface area contributed by atoms with Crippen molar-refractivity contribution in [3.8, 4) is 17.9 Å². The van der Waals surface area contributed by atoms with Crippen molar-refractivity contribution >= 4 is 11.5 Å². The van der Waals surface area contributed by atoms with E-state index < -0.39 is 40.5 Å². The number of fused-ring (bicyclic) bond motifs is 4. The van der Waals surface area contributed by atoms with Crippen LogP contribution in [0.2, 0.25) is 0 Å². The Labute approximate surface area is 259 Å². The first-order chi connectivity index (χ1) is 21.5. The Hall–Kier alpha value is -3.40. The van der Waals surface area contributed by atoms with Gasteiger partial charge in [0.2, 0.25) is 0 Å². The molecule has 1 aliphatic carbocycles. The van der Waals surface area contributed by atoms with Crippen LogP contribution in [-0.2, 0) is 23.9 Å². The van der Waals surface area contributed by atoms with Gasteiger partial charge in [0.05, 0.1) is 41.3 Å². The third-order valence-corrected chi connectivity index (χ3v) is 10.2. The highest BCUT2D eigenvalue weighted by molar-refractivity contribution is 5.59. The first kappa shape index (κ1) is 30.3. The van der Waals surface area contributed by atoms with Crippen molar-refractivity contribution < 1.29 is 32.1 Å². The second kappa shape index (κ2) is 11.1. The lowest BCUT2D eigenvalue weighted by molar-refractivity contribution is -0.140. The normalized spacial score (nSPS) is 29.4. The van der Waals surface area contributed by atoms with E-state index in [-0.39, 0.29) is 36.6 Å². The van der Waals surface area contributed by atoms with Gasteiger partial charge in [-0.05, 0) is 57.6 Å². The number of nitrogens with two attached hydrogens (primary N) is 1. The average molecular weight is 628 g/mol. The molecule has 5 atom stereocenters. The van der Waals surface area contributed by atoms with Gasteiger partial charge in [-0.3, -0.25) is 4.90 Å². The van der Waals surface area contributed by atoms with E-state index >= 15 is 4.39 Å². The molecule has 7 rings (SSSR count). The van der Waals surface area contributed by atoms with E-state index in [2.05, 4.69) is 28.2 Å². The highest BCUT2D eigenvalue weighted by Crippen LogP contribution is 2.46. The fourth-order valence-corrected chi connectivity index (χ4v) is 8.33. The van der Waals surface area contributed by atoms with E-state index in [4.69, 9.17) is 25.2 Å². The van der Waals surface area contributed by atoms with Crippen molar-refractivity contribution in [3.63, 3.8) is 0 Å². The predicted molar refractivity (Wildman–Crippen MR) is 159 cm³/mol. The molecule has 0 spiro atoms. The van der Waals surface area contributed by atoms with Crippen LogP contribution in [-0.4, -0.2) is 64.4 Å². The number of aromatic nitrogens is 2. The molecule has 1 aromatic carbocycles. The highest BCUT2D eigenvalue weighted by Gasteiger charge is 2.47. The molecule has 1 aromatic heterocycles. The van der Waals surface area contributed by atoms with Crippen LogP contribution in [0.4, 0.5) is 29.1 Å². The van der Waals surface area contributed by atoms with E-state index in [9.17, 15) is 18.3 Å². The van der Waals surface area contributed by atoms with Crippen LogP contribution in [0.15, 0.2) is 18.2 Å². The lowest BCUT2D eigenvalue weighted by Gasteiger charge is -2.36. The van der Waals surface area contributed by atoms with E-state index in [0.717, 1.165) is 56.8 Å². The molecule has 3 N–H and O–H groups in total. The summed E-state index contributed by atoms with van der Waals surface area (Å²) in [7, 11) is 0. The number of nitrogen functional groups attached to an aromatic ring is 1. The number of hydrogen-bond donors (Lipinski definition) is 2. The Morgan fingerprint density at radius 3 is 2.84 bits per heavy atom. The van der Waals surface area contributed by atoms with Crippen molar-refractivity contribution in [3.05, 3.63) is 52.0 Å². The molecule has 5 heterocycles. The monoisotopic (exact) mass is 627 g/mol.